The predicted octanol–water partition coefficient (Wildman–Crippen LogP) is 0.763. The van der Waals surface area contributed by atoms with E-state index in [2.05, 4.69) is 0 Å². The molecule has 1 saturated carbocycles. The van der Waals surface area contributed by atoms with Gasteiger partial charge in [-0.25, -0.2) is 0 Å². The zero-order valence-electron chi connectivity index (χ0n) is 14.1. The van der Waals surface area contributed by atoms with Gasteiger partial charge in [0.15, 0.2) is 0 Å². The molecular formula is C19H21N3O3. The summed E-state index contributed by atoms with van der Waals surface area (Å²) in [6, 6.07) is 9.04. The van der Waals surface area contributed by atoms with E-state index in [1.165, 1.54) is 0 Å². The highest BCUT2D eigenvalue weighted by Crippen LogP contribution is 2.51. The zero-order valence-corrected chi connectivity index (χ0v) is 14.1. The number of fused-ring (bicyclic) bond motifs is 3. The van der Waals surface area contributed by atoms with Gasteiger partial charge in [0.25, 0.3) is 0 Å². The highest BCUT2D eigenvalue weighted by atomic mass is 16.2. The summed E-state index contributed by atoms with van der Waals surface area (Å²) >= 11 is 0. The summed E-state index contributed by atoms with van der Waals surface area (Å²) in [5.41, 5.74) is 0.565. The van der Waals surface area contributed by atoms with Crippen LogP contribution in [0, 0.1) is 0 Å². The molecule has 1 aliphatic carbocycles. The molecule has 0 aromatic heterocycles. The Bertz CT molecular complexity index is 758. The summed E-state index contributed by atoms with van der Waals surface area (Å²) in [6.45, 7) is 1.21. The number of benzene rings is 1. The van der Waals surface area contributed by atoms with E-state index < -0.39 is 11.6 Å². The number of hydrogen-bond donors (Lipinski definition) is 0. The average molecular weight is 339 g/mol. The van der Waals surface area contributed by atoms with E-state index >= 15 is 0 Å². The summed E-state index contributed by atoms with van der Waals surface area (Å²) in [6.07, 6.45) is 3.19. The van der Waals surface area contributed by atoms with Gasteiger partial charge < -0.3 is 14.7 Å². The van der Waals surface area contributed by atoms with E-state index in [9.17, 15) is 14.4 Å². The second-order valence-corrected chi connectivity index (χ2v) is 7.63. The molecule has 6 nitrogen and oxygen atoms in total. The van der Waals surface area contributed by atoms with E-state index in [1.54, 1.807) is 9.80 Å². The molecule has 2 atom stereocenters. The van der Waals surface area contributed by atoms with E-state index in [-0.39, 0.29) is 30.3 Å². The Morgan fingerprint density at radius 2 is 1.76 bits per heavy atom. The summed E-state index contributed by atoms with van der Waals surface area (Å²) < 4.78 is 0. The minimum Gasteiger partial charge on any atom is -0.329 e. The van der Waals surface area contributed by atoms with Crippen LogP contribution in [0.25, 0.3) is 0 Å². The quantitative estimate of drug-likeness (QED) is 0.799. The molecule has 3 amide bonds. The van der Waals surface area contributed by atoms with E-state index in [0.29, 0.717) is 13.1 Å². The lowest BCUT2D eigenvalue weighted by molar-refractivity contribution is -0.174. The molecule has 3 aliphatic heterocycles. The van der Waals surface area contributed by atoms with Crippen molar-refractivity contribution >= 4 is 17.7 Å². The average Bonchev–Trinajstić information content (AvgIpc) is 3.22. The molecule has 1 aromatic carbocycles. The van der Waals surface area contributed by atoms with Gasteiger partial charge in [-0.05, 0) is 31.2 Å². The van der Waals surface area contributed by atoms with Crippen LogP contribution in [0.1, 0.15) is 31.2 Å². The van der Waals surface area contributed by atoms with Crippen LogP contribution in [0.4, 0.5) is 0 Å². The first kappa shape index (κ1) is 14.9. The fourth-order valence-corrected chi connectivity index (χ4v) is 4.90. The Morgan fingerprint density at radius 3 is 2.48 bits per heavy atom. The van der Waals surface area contributed by atoms with Gasteiger partial charge in [0.2, 0.25) is 17.7 Å². The third-order valence-corrected chi connectivity index (χ3v) is 6.25. The number of piperazine rings is 2. The van der Waals surface area contributed by atoms with E-state index in [1.807, 2.05) is 35.2 Å². The number of carbonyl (C=O) groups excluding carboxylic acids is 3. The number of amides is 3. The first-order valence-electron chi connectivity index (χ1n) is 9.07. The SMILES string of the molecule is O=C1[C@@H]2CCCN2C(=O)[C@@H]2N1CC(=O)N(Cc1ccccc1)C21CC1. The number of carbonyl (C=O) groups is 3. The van der Waals surface area contributed by atoms with Crippen molar-refractivity contribution in [2.24, 2.45) is 0 Å². The second kappa shape index (κ2) is 5.07. The standard InChI is InChI=1S/C19H21N3O3/c23-15-12-21-16(18(25)20-10-4-7-14(20)17(21)24)19(8-9-19)22(15)11-13-5-2-1-3-6-13/h1-3,5-6,14,16H,4,7-12H2/t14-,16-/m0/s1. The lowest BCUT2D eigenvalue weighted by Crippen LogP contribution is -2.74. The Balaban J connectivity index is 1.51. The Morgan fingerprint density at radius 1 is 1.00 bits per heavy atom. The van der Waals surface area contributed by atoms with Crippen molar-refractivity contribution in [3.63, 3.8) is 0 Å². The van der Waals surface area contributed by atoms with Crippen LogP contribution in [0.2, 0.25) is 0 Å². The maximum Gasteiger partial charge on any atom is 0.248 e. The van der Waals surface area contributed by atoms with Gasteiger partial charge in [-0.3, -0.25) is 14.4 Å². The summed E-state index contributed by atoms with van der Waals surface area (Å²) in [7, 11) is 0. The third kappa shape index (κ3) is 2.00. The molecule has 3 heterocycles. The second-order valence-electron chi connectivity index (χ2n) is 7.63. The Labute approximate surface area is 146 Å². The minimum atomic E-state index is -0.495. The van der Waals surface area contributed by atoms with Crippen molar-refractivity contribution in [3.8, 4) is 0 Å². The number of rotatable bonds is 2. The molecule has 0 bridgehead atoms. The van der Waals surface area contributed by atoms with Crippen LogP contribution in [0.5, 0.6) is 0 Å². The van der Waals surface area contributed by atoms with Gasteiger partial charge >= 0.3 is 0 Å². The molecule has 25 heavy (non-hydrogen) atoms. The molecule has 0 N–H and O–H groups in total. The van der Waals surface area contributed by atoms with Crippen molar-refractivity contribution in [1.29, 1.82) is 0 Å². The van der Waals surface area contributed by atoms with Gasteiger partial charge in [-0.2, -0.15) is 0 Å². The van der Waals surface area contributed by atoms with Crippen LogP contribution in [-0.4, -0.2) is 63.1 Å². The van der Waals surface area contributed by atoms with Crippen LogP contribution in [0.15, 0.2) is 30.3 Å². The molecule has 6 heteroatoms. The lowest BCUT2D eigenvalue weighted by atomic mass is 9.92. The molecule has 3 saturated heterocycles. The molecular weight excluding hydrogens is 318 g/mol. The third-order valence-electron chi connectivity index (χ3n) is 6.25. The molecule has 1 aromatic rings. The van der Waals surface area contributed by atoms with Gasteiger partial charge in [-0.15, -0.1) is 0 Å². The Kier molecular flexibility index (Phi) is 3.03. The van der Waals surface area contributed by atoms with Gasteiger partial charge in [0, 0.05) is 13.1 Å². The van der Waals surface area contributed by atoms with E-state index in [0.717, 1.165) is 31.2 Å². The zero-order chi connectivity index (χ0) is 17.2. The smallest absolute Gasteiger partial charge is 0.248 e. The fraction of sp³-hybridized carbons (Fsp3) is 0.526. The predicted molar refractivity (Wildman–Crippen MR) is 89.2 cm³/mol. The highest BCUT2D eigenvalue weighted by Gasteiger charge is 2.67. The highest BCUT2D eigenvalue weighted by molar-refractivity contribution is 6.02. The van der Waals surface area contributed by atoms with Crippen molar-refractivity contribution in [2.75, 3.05) is 13.1 Å². The van der Waals surface area contributed by atoms with E-state index in [4.69, 9.17) is 0 Å². The number of hydrogen-bond acceptors (Lipinski definition) is 3. The molecule has 5 rings (SSSR count). The van der Waals surface area contributed by atoms with Crippen molar-refractivity contribution in [3.05, 3.63) is 35.9 Å². The fourth-order valence-electron chi connectivity index (χ4n) is 4.90. The van der Waals surface area contributed by atoms with Crippen molar-refractivity contribution < 1.29 is 14.4 Å². The molecule has 130 valence electrons. The lowest BCUT2D eigenvalue weighted by Gasteiger charge is -2.52. The van der Waals surface area contributed by atoms with Gasteiger partial charge in [0.05, 0.1) is 5.54 Å². The summed E-state index contributed by atoms with van der Waals surface area (Å²) in [5, 5.41) is 0. The molecule has 4 fully saturated rings. The molecule has 0 radical (unpaired) electrons. The van der Waals surface area contributed by atoms with Crippen LogP contribution in [0.3, 0.4) is 0 Å². The monoisotopic (exact) mass is 339 g/mol. The molecule has 4 aliphatic rings. The summed E-state index contributed by atoms with van der Waals surface area (Å²) in [5.74, 6) is -0.0172. The maximum atomic E-state index is 13.1. The molecule has 0 unspecified atom stereocenters. The van der Waals surface area contributed by atoms with Crippen LogP contribution < -0.4 is 0 Å². The summed E-state index contributed by atoms with van der Waals surface area (Å²) in [4.78, 5) is 44.1. The largest absolute Gasteiger partial charge is 0.329 e. The van der Waals surface area contributed by atoms with Crippen LogP contribution >= 0.6 is 0 Å². The molecule has 1 spiro atoms. The first-order chi connectivity index (χ1) is 12.1. The van der Waals surface area contributed by atoms with Crippen molar-refractivity contribution in [2.45, 2.75) is 49.9 Å². The van der Waals surface area contributed by atoms with Crippen molar-refractivity contribution in [1.82, 2.24) is 14.7 Å². The minimum absolute atomic E-state index is 0.0268. The topological polar surface area (TPSA) is 60.9 Å². The Hall–Kier alpha value is -2.37. The van der Waals surface area contributed by atoms with Gasteiger partial charge in [0.1, 0.15) is 18.6 Å². The van der Waals surface area contributed by atoms with Crippen LogP contribution in [-0.2, 0) is 20.9 Å². The normalized spacial score (nSPS) is 29.9. The first-order valence-corrected chi connectivity index (χ1v) is 9.07. The van der Waals surface area contributed by atoms with Gasteiger partial charge in [-0.1, -0.05) is 30.3 Å². The maximum absolute atomic E-state index is 13.1. The number of nitrogens with zero attached hydrogens (tertiary/aromatic N) is 3.